The maximum Gasteiger partial charge on any atom is 0.193 e. The molecule has 1 aliphatic carbocycles. The molecule has 0 bridgehead atoms. The third-order valence-corrected chi connectivity index (χ3v) is 3.82. The quantitative estimate of drug-likeness (QED) is 0.859. The number of halogens is 1. The molecule has 19 heavy (non-hydrogen) atoms. The maximum atomic E-state index is 5.79. The van der Waals surface area contributed by atoms with Gasteiger partial charge in [0.05, 0.1) is 5.02 Å². The first-order valence-electron chi connectivity index (χ1n) is 6.13. The van der Waals surface area contributed by atoms with Crippen molar-refractivity contribution in [1.29, 1.82) is 0 Å². The fraction of sp³-hybridized carbons (Fsp3) is 0.308. The molecule has 1 saturated carbocycles. The summed E-state index contributed by atoms with van der Waals surface area (Å²) >= 11 is 7.22. The van der Waals surface area contributed by atoms with Gasteiger partial charge in [0.1, 0.15) is 5.03 Å². The van der Waals surface area contributed by atoms with Gasteiger partial charge in [0, 0.05) is 36.7 Å². The molecule has 2 aromatic rings. The average molecular weight is 293 g/mol. The molecule has 0 radical (unpaired) electrons. The highest BCUT2D eigenvalue weighted by Crippen LogP contribution is 2.23. The first kappa shape index (κ1) is 12.8. The van der Waals surface area contributed by atoms with Gasteiger partial charge in [-0.2, -0.15) is 0 Å². The SMILES string of the molecule is Clc1ccc(Sc2ncc(CNC3CC3)cn2)nc1. The topological polar surface area (TPSA) is 50.7 Å². The molecule has 1 fully saturated rings. The van der Waals surface area contributed by atoms with E-state index in [4.69, 9.17) is 11.6 Å². The zero-order chi connectivity index (χ0) is 13.1. The summed E-state index contributed by atoms with van der Waals surface area (Å²) in [7, 11) is 0. The van der Waals surface area contributed by atoms with E-state index in [0.29, 0.717) is 16.2 Å². The monoisotopic (exact) mass is 292 g/mol. The largest absolute Gasteiger partial charge is 0.310 e. The predicted octanol–water partition coefficient (Wildman–Crippen LogP) is 2.93. The molecule has 0 spiro atoms. The molecule has 0 atom stereocenters. The van der Waals surface area contributed by atoms with Crippen LogP contribution in [0.25, 0.3) is 0 Å². The molecule has 0 unspecified atom stereocenters. The van der Waals surface area contributed by atoms with Crippen LogP contribution in [0.2, 0.25) is 5.02 Å². The van der Waals surface area contributed by atoms with Crippen molar-refractivity contribution >= 4 is 23.4 Å². The van der Waals surface area contributed by atoms with Crippen LogP contribution in [0.1, 0.15) is 18.4 Å². The summed E-state index contributed by atoms with van der Waals surface area (Å²) in [6.45, 7) is 0.842. The summed E-state index contributed by atoms with van der Waals surface area (Å²) in [4.78, 5) is 12.9. The molecule has 1 aliphatic rings. The Labute approximate surface area is 121 Å². The van der Waals surface area contributed by atoms with Gasteiger partial charge in [-0.1, -0.05) is 11.6 Å². The second-order valence-electron chi connectivity index (χ2n) is 4.45. The molecular formula is C13H13ClN4S. The Hall–Kier alpha value is -1.17. The van der Waals surface area contributed by atoms with Gasteiger partial charge < -0.3 is 5.32 Å². The van der Waals surface area contributed by atoms with Crippen molar-refractivity contribution < 1.29 is 0 Å². The lowest BCUT2D eigenvalue weighted by Gasteiger charge is -2.03. The molecule has 2 aromatic heterocycles. The smallest absolute Gasteiger partial charge is 0.193 e. The minimum Gasteiger partial charge on any atom is -0.310 e. The van der Waals surface area contributed by atoms with Crippen molar-refractivity contribution in [1.82, 2.24) is 20.3 Å². The van der Waals surface area contributed by atoms with Crippen molar-refractivity contribution in [2.75, 3.05) is 0 Å². The summed E-state index contributed by atoms with van der Waals surface area (Å²) in [6, 6.07) is 4.37. The van der Waals surface area contributed by atoms with Crippen molar-refractivity contribution in [3.05, 3.63) is 41.3 Å². The van der Waals surface area contributed by atoms with Gasteiger partial charge in [-0.3, -0.25) is 0 Å². The van der Waals surface area contributed by atoms with E-state index in [9.17, 15) is 0 Å². The molecule has 0 aromatic carbocycles. The molecule has 2 heterocycles. The summed E-state index contributed by atoms with van der Waals surface area (Å²) < 4.78 is 0. The Morgan fingerprint density at radius 3 is 2.58 bits per heavy atom. The molecule has 0 amide bonds. The lowest BCUT2D eigenvalue weighted by atomic mass is 10.3. The Balaban J connectivity index is 1.59. The van der Waals surface area contributed by atoms with Gasteiger partial charge >= 0.3 is 0 Å². The van der Waals surface area contributed by atoms with Gasteiger partial charge in [0.2, 0.25) is 0 Å². The van der Waals surface area contributed by atoms with Gasteiger partial charge in [-0.05, 0) is 36.7 Å². The number of pyridine rings is 1. The fourth-order valence-corrected chi connectivity index (χ4v) is 2.30. The zero-order valence-corrected chi connectivity index (χ0v) is 11.8. The summed E-state index contributed by atoms with van der Waals surface area (Å²) in [5.74, 6) is 0. The van der Waals surface area contributed by atoms with Crippen LogP contribution in [0.5, 0.6) is 0 Å². The number of nitrogens with one attached hydrogen (secondary N) is 1. The number of hydrogen-bond donors (Lipinski definition) is 1. The van der Waals surface area contributed by atoms with E-state index in [1.54, 1.807) is 6.20 Å². The zero-order valence-electron chi connectivity index (χ0n) is 10.2. The second kappa shape index (κ2) is 5.86. The van der Waals surface area contributed by atoms with Crippen LogP contribution in [0.3, 0.4) is 0 Å². The first-order valence-corrected chi connectivity index (χ1v) is 7.33. The summed E-state index contributed by atoms with van der Waals surface area (Å²) in [5.41, 5.74) is 1.11. The molecular weight excluding hydrogens is 280 g/mol. The third-order valence-electron chi connectivity index (χ3n) is 2.75. The Kier molecular flexibility index (Phi) is 3.96. The highest BCUT2D eigenvalue weighted by Gasteiger charge is 2.19. The molecule has 98 valence electrons. The van der Waals surface area contributed by atoms with Crippen LogP contribution in [-0.4, -0.2) is 21.0 Å². The third kappa shape index (κ3) is 3.89. The average Bonchev–Trinajstić information content (AvgIpc) is 3.25. The van der Waals surface area contributed by atoms with E-state index >= 15 is 0 Å². The van der Waals surface area contributed by atoms with Crippen molar-refractivity contribution in [3.63, 3.8) is 0 Å². The Morgan fingerprint density at radius 2 is 1.95 bits per heavy atom. The summed E-state index contributed by atoms with van der Waals surface area (Å²) in [6.07, 6.45) is 7.92. The summed E-state index contributed by atoms with van der Waals surface area (Å²) in [5, 5.41) is 5.61. The van der Waals surface area contributed by atoms with E-state index in [0.717, 1.165) is 17.1 Å². The normalized spacial score (nSPS) is 14.6. The van der Waals surface area contributed by atoms with Crippen LogP contribution >= 0.6 is 23.4 Å². The Morgan fingerprint density at radius 1 is 1.16 bits per heavy atom. The molecule has 6 heteroatoms. The fourth-order valence-electron chi connectivity index (χ4n) is 1.55. The van der Waals surface area contributed by atoms with E-state index in [1.165, 1.54) is 24.6 Å². The number of hydrogen-bond acceptors (Lipinski definition) is 5. The van der Waals surface area contributed by atoms with Crippen molar-refractivity contribution in [2.24, 2.45) is 0 Å². The van der Waals surface area contributed by atoms with Crippen molar-refractivity contribution in [3.8, 4) is 0 Å². The minimum absolute atomic E-state index is 0.631. The van der Waals surface area contributed by atoms with Crippen LogP contribution in [0, 0.1) is 0 Å². The number of nitrogens with zero attached hydrogens (tertiary/aromatic N) is 3. The van der Waals surface area contributed by atoms with E-state index in [1.807, 2.05) is 24.5 Å². The van der Waals surface area contributed by atoms with E-state index < -0.39 is 0 Å². The van der Waals surface area contributed by atoms with Crippen LogP contribution < -0.4 is 5.32 Å². The lowest BCUT2D eigenvalue weighted by molar-refractivity contribution is 0.680. The molecule has 1 N–H and O–H groups in total. The minimum atomic E-state index is 0.631. The van der Waals surface area contributed by atoms with Crippen LogP contribution in [-0.2, 0) is 6.54 Å². The second-order valence-corrected chi connectivity index (χ2v) is 5.87. The predicted molar refractivity (Wildman–Crippen MR) is 75.3 cm³/mol. The molecule has 3 rings (SSSR count). The van der Waals surface area contributed by atoms with Gasteiger partial charge in [-0.15, -0.1) is 0 Å². The van der Waals surface area contributed by atoms with Gasteiger partial charge in [0.15, 0.2) is 5.16 Å². The number of aromatic nitrogens is 3. The van der Waals surface area contributed by atoms with E-state index in [2.05, 4.69) is 20.3 Å². The maximum absolute atomic E-state index is 5.79. The first-order chi connectivity index (χ1) is 9.29. The van der Waals surface area contributed by atoms with Gasteiger partial charge in [0.25, 0.3) is 0 Å². The van der Waals surface area contributed by atoms with Crippen LogP contribution in [0.15, 0.2) is 40.9 Å². The van der Waals surface area contributed by atoms with Crippen LogP contribution in [0.4, 0.5) is 0 Å². The highest BCUT2D eigenvalue weighted by atomic mass is 35.5. The van der Waals surface area contributed by atoms with Gasteiger partial charge in [-0.25, -0.2) is 15.0 Å². The molecule has 0 saturated heterocycles. The lowest BCUT2D eigenvalue weighted by Crippen LogP contribution is -2.15. The van der Waals surface area contributed by atoms with E-state index in [-0.39, 0.29) is 0 Å². The standard InChI is InChI=1S/C13H13ClN4S/c14-10-1-4-12(16-8-10)19-13-17-6-9(7-18-13)5-15-11-2-3-11/h1,4,6-8,11,15H,2-3,5H2. The van der Waals surface area contributed by atoms with Crippen molar-refractivity contribution in [2.45, 2.75) is 35.6 Å². The number of rotatable bonds is 5. The molecule has 4 nitrogen and oxygen atoms in total. The highest BCUT2D eigenvalue weighted by molar-refractivity contribution is 7.99. The Bertz CT molecular complexity index is 540. The molecule has 0 aliphatic heterocycles.